The van der Waals surface area contributed by atoms with E-state index in [2.05, 4.69) is 31.1 Å². The summed E-state index contributed by atoms with van der Waals surface area (Å²) in [7, 11) is 0. The van der Waals surface area contributed by atoms with Gasteiger partial charge in [-0.3, -0.25) is 14.0 Å². The molecule has 4 rings (SSSR count). The first-order chi connectivity index (χ1) is 17.6. The molecule has 0 atom stereocenters. The molecule has 2 aromatic heterocycles. The normalized spacial score (nSPS) is 11.7. The first-order valence-corrected chi connectivity index (χ1v) is 11.9. The number of benzene rings is 2. The van der Waals surface area contributed by atoms with Crippen LogP contribution in [0.1, 0.15) is 43.0 Å². The van der Waals surface area contributed by atoms with Gasteiger partial charge in [-0.25, -0.2) is 0 Å². The molecule has 7 heteroatoms. The van der Waals surface area contributed by atoms with E-state index in [0.717, 1.165) is 16.7 Å². The first-order valence-electron chi connectivity index (χ1n) is 11.9. The van der Waals surface area contributed by atoms with Crippen molar-refractivity contribution in [3.8, 4) is 17.7 Å². The second-order valence-electron chi connectivity index (χ2n) is 9.89. The monoisotopic (exact) mass is 492 g/mol. The molecule has 0 unspecified atom stereocenters. The number of carbonyl (C=O) groups is 1. The average Bonchev–Trinajstić information content (AvgIpc) is 2.86. The lowest BCUT2D eigenvalue weighted by molar-refractivity contribution is -0.112. The molecule has 0 aliphatic carbocycles. The Morgan fingerprint density at radius 3 is 2.35 bits per heavy atom. The largest absolute Gasteiger partial charge is 0.438 e. The van der Waals surface area contributed by atoms with E-state index in [9.17, 15) is 14.9 Å². The Balaban J connectivity index is 1.80. The number of amides is 1. The number of aryl methyl sites for hydroxylation is 2. The topological polar surface area (TPSA) is 96.5 Å². The third-order valence-corrected chi connectivity index (χ3v) is 5.95. The predicted molar refractivity (Wildman–Crippen MR) is 145 cm³/mol. The van der Waals surface area contributed by atoms with Crippen LogP contribution in [0.4, 0.5) is 5.69 Å². The molecular formula is C30H28N4O3. The average molecular weight is 493 g/mol. The molecule has 186 valence electrons. The number of hydrogen-bond acceptors (Lipinski definition) is 5. The Hall–Kier alpha value is -4.70. The zero-order valence-electron chi connectivity index (χ0n) is 21.5. The van der Waals surface area contributed by atoms with Crippen molar-refractivity contribution in [2.24, 2.45) is 0 Å². The van der Waals surface area contributed by atoms with Gasteiger partial charge in [0.05, 0.1) is 0 Å². The molecule has 0 spiro atoms. The minimum Gasteiger partial charge on any atom is -0.438 e. The quantitative estimate of drug-likeness (QED) is 0.274. The zero-order valence-corrected chi connectivity index (χ0v) is 21.5. The number of carbonyl (C=O) groups excluding carboxylic acids is 1. The molecule has 0 aliphatic heterocycles. The number of aromatic nitrogens is 2. The Kier molecular flexibility index (Phi) is 6.94. The minimum absolute atomic E-state index is 0.00129. The first kappa shape index (κ1) is 25.4. The van der Waals surface area contributed by atoms with Crippen molar-refractivity contribution in [3.05, 3.63) is 105 Å². The van der Waals surface area contributed by atoms with Gasteiger partial charge in [0.25, 0.3) is 11.5 Å². The minimum atomic E-state index is -0.638. The second-order valence-corrected chi connectivity index (χ2v) is 9.89. The molecule has 1 amide bonds. The third-order valence-electron chi connectivity index (χ3n) is 5.95. The molecule has 2 aromatic carbocycles. The summed E-state index contributed by atoms with van der Waals surface area (Å²) in [6, 6.07) is 20.2. The van der Waals surface area contributed by atoms with Crippen LogP contribution in [0.3, 0.4) is 0 Å². The fraction of sp³-hybridized carbons (Fsp3) is 0.200. The van der Waals surface area contributed by atoms with E-state index >= 15 is 0 Å². The summed E-state index contributed by atoms with van der Waals surface area (Å²) in [5.41, 5.74) is 3.17. The van der Waals surface area contributed by atoms with Crippen molar-refractivity contribution in [1.29, 1.82) is 5.26 Å². The highest BCUT2D eigenvalue weighted by atomic mass is 16.5. The molecule has 2 heterocycles. The van der Waals surface area contributed by atoms with Crippen LogP contribution in [0.5, 0.6) is 11.6 Å². The maximum Gasteiger partial charge on any atom is 0.269 e. The number of nitriles is 1. The Bertz CT molecular complexity index is 1600. The Morgan fingerprint density at radius 1 is 1.05 bits per heavy atom. The molecule has 4 aromatic rings. The van der Waals surface area contributed by atoms with Crippen LogP contribution in [-0.2, 0) is 10.2 Å². The lowest BCUT2D eigenvalue weighted by atomic mass is 9.87. The van der Waals surface area contributed by atoms with Gasteiger partial charge in [0.2, 0.25) is 5.88 Å². The van der Waals surface area contributed by atoms with Crippen molar-refractivity contribution in [2.75, 3.05) is 5.32 Å². The zero-order chi connectivity index (χ0) is 26.7. The molecule has 7 nitrogen and oxygen atoms in total. The van der Waals surface area contributed by atoms with Gasteiger partial charge in [-0.2, -0.15) is 10.2 Å². The van der Waals surface area contributed by atoms with Gasteiger partial charge in [-0.15, -0.1) is 0 Å². The number of pyridine rings is 1. The molecule has 0 radical (unpaired) electrons. The molecule has 37 heavy (non-hydrogen) atoms. The van der Waals surface area contributed by atoms with Crippen molar-refractivity contribution in [2.45, 2.75) is 40.0 Å². The van der Waals surface area contributed by atoms with Gasteiger partial charge in [0, 0.05) is 11.9 Å². The van der Waals surface area contributed by atoms with E-state index in [-0.39, 0.29) is 22.4 Å². The fourth-order valence-corrected chi connectivity index (χ4v) is 3.76. The Morgan fingerprint density at radius 2 is 1.73 bits per heavy atom. The van der Waals surface area contributed by atoms with Gasteiger partial charge in [-0.05, 0) is 66.8 Å². The molecule has 0 aliphatic rings. The molecular weight excluding hydrogens is 464 g/mol. The van der Waals surface area contributed by atoms with Crippen LogP contribution in [0.25, 0.3) is 11.7 Å². The molecule has 0 bridgehead atoms. The van der Waals surface area contributed by atoms with Crippen LogP contribution < -0.4 is 15.6 Å². The summed E-state index contributed by atoms with van der Waals surface area (Å²) in [4.78, 5) is 31.0. The van der Waals surface area contributed by atoms with E-state index in [1.165, 1.54) is 10.5 Å². The predicted octanol–water partition coefficient (Wildman–Crippen LogP) is 5.95. The van der Waals surface area contributed by atoms with Gasteiger partial charge >= 0.3 is 0 Å². The van der Waals surface area contributed by atoms with E-state index in [4.69, 9.17) is 4.74 Å². The van der Waals surface area contributed by atoms with Crippen LogP contribution >= 0.6 is 0 Å². The van der Waals surface area contributed by atoms with Crippen molar-refractivity contribution in [3.63, 3.8) is 0 Å². The van der Waals surface area contributed by atoms with E-state index in [1.807, 2.05) is 62.4 Å². The smallest absolute Gasteiger partial charge is 0.269 e. The summed E-state index contributed by atoms with van der Waals surface area (Å²) < 4.78 is 7.45. The standard InChI is InChI=1S/C30H28N4O3/c1-19-8-12-23(13-9-19)32-27(35)21(18-31)17-25-28(33-26-20(2)7-6-16-34(26)29(25)36)37-24-14-10-22(11-15-24)30(3,4)5/h6-17H,1-5H3,(H,32,35)/b21-17+. The van der Waals surface area contributed by atoms with Crippen molar-refractivity contribution in [1.82, 2.24) is 9.38 Å². The Labute approximate surface area is 215 Å². The SMILES string of the molecule is Cc1ccc(NC(=O)/C(C#N)=C/c2c(Oc3ccc(C(C)(C)C)cc3)nc3c(C)cccn3c2=O)cc1. The maximum absolute atomic E-state index is 13.5. The van der Waals surface area contributed by atoms with Crippen LogP contribution in [0, 0.1) is 25.2 Å². The lowest BCUT2D eigenvalue weighted by Gasteiger charge is -2.19. The second kappa shape index (κ2) is 10.1. The summed E-state index contributed by atoms with van der Waals surface area (Å²) in [5.74, 6) is -0.144. The van der Waals surface area contributed by atoms with Crippen molar-refractivity contribution < 1.29 is 9.53 Å². The highest BCUT2D eigenvalue weighted by Gasteiger charge is 2.19. The number of ether oxygens (including phenoxy) is 1. The van der Waals surface area contributed by atoms with Crippen molar-refractivity contribution >= 4 is 23.3 Å². The van der Waals surface area contributed by atoms with Gasteiger partial charge in [-0.1, -0.05) is 56.7 Å². The summed E-state index contributed by atoms with van der Waals surface area (Å²) in [5, 5.41) is 12.5. The number of nitrogens with zero attached hydrogens (tertiary/aromatic N) is 3. The number of rotatable bonds is 5. The maximum atomic E-state index is 13.5. The number of fused-ring (bicyclic) bond motifs is 1. The third kappa shape index (κ3) is 5.60. The lowest BCUT2D eigenvalue weighted by Crippen LogP contribution is -2.20. The summed E-state index contributed by atoms with van der Waals surface area (Å²) >= 11 is 0. The van der Waals surface area contributed by atoms with Crippen LogP contribution in [0.2, 0.25) is 0 Å². The number of anilines is 1. The van der Waals surface area contributed by atoms with E-state index < -0.39 is 11.5 Å². The van der Waals surface area contributed by atoms with Crippen LogP contribution in [-0.4, -0.2) is 15.3 Å². The van der Waals surface area contributed by atoms with Crippen LogP contribution in [0.15, 0.2) is 77.2 Å². The highest BCUT2D eigenvalue weighted by molar-refractivity contribution is 6.09. The van der Waals surface area contributed by atoms with Gasteiger partial charge in [0.1, 0.15) is 28.6 Å². The molecule has 1 N–H and O–H groups in total. The van der Waals surface area contributed by atoms with Gasteiger partial charge in [0.15, 0.2) is 0 Å². The summed E-state index contributed by atoms with van der Waals surface area (Å²) in [6.07, 6.45) is 2.82. The molecule has 0 fully saturated rings. The molecule has 0 saturated carbocycles. The highest BCUT2D eigenvalue weighted by Crippen LogP contribution is 2.28. The fourth-order valence-electron chi connectivity index (χ4n) is 3.76. The van der Waals surface area contributed by atoms with E-state index in [1.54, 1.807) is 24.4 Å². The summed E-state index contributed by atoms with van der Waals surface area (Å²) in [6.45, 7) is 10.1. The van der Waals surface area contributed by atoms with Gasteiger partial charge < -0.3 is 10.1 Å². The number of hydrogen-bond donors (Lipinski definition) is 1. The van der Waals surface area contributed by atoms with E-state index in [0.29, 0.717) is 17.1 Å². The number of nitrogens with one attached hydrogen (secondary N) is 1. The molecule has 0 saturated heterocycles.